The van der Waals surface area contributed by atoms with Gasteiger partial charge in [-0.15, -0.1) is 0 Å². The fraction of sp³-hybridized carbons (Fsp3) is 1.00. The first-order chi connectivity index (χ1) is 2.27. The maximum Gasteiger partial charge on any atom is 0.0899 e. The molecular formula is C4H9O. The minimum atomic E-state index is -0.366. The van der Waals surface area contributed by atoms with Crippen LogP contribution in [0.25, 0.3) is 0 Å². The molecule has 5 heavy (non-hydrogen) atoms. The second-order valence-corrected chi connectivity index (χ2v) is 1.22. The van der Waals surface area contributed by atoms with E-state index in [1.165, 1.54) is 0 Å². The van der Waals surface area contributed by atoms with Crippen LogP contribution in [0.5, 0.6) is 0 Å². The second kappa shape index (κ2) is 2.21. The van der Waals surface area contributed by atoms with Gasteiger partial charge in [-0.1, -0.05) is 6.92 Å². The van der Waals surface area contributed by atoms with E-state index in [0.717, 1.165) is 6.42 Å². The Kier molecular flexibility index (Phi) is 2.19. The predicted molar refractivity (Wildman–Crippen MR) is 20.4 cm³/mol. The average molecular weight is 73.1 g/mol. The Hall–Kier alpha value is -0.0400. The summed E-state index contributed by atoms with van der Waals surface area (Å²) >= 11 is 0. The van der Waals surface area contributed by atoms with Crippen LogP contribution in [0.2, 0.25) is 0 Å². The molecule has 0 unspecified atom stereocenters. The highest BCUT2D eigenvalue weighted by Crippen LogP contribution is 1.83. The fourth-order valence-corrected chi connectivity index (χ4v) is 0. The van der Waals surface area contributed by atoms with E-state index in [1.807, 2.05) is 6.92 Å². The van der Waals surface area contributed by atoms with Crippen molar-refractivity contribution in [2.24, 2.45) is 0 Å². The molecule has 0 fully saturated rings. The first kappa shape index (κ1) is 4.96. The minimum Gasteiger partial charge on any atom is -0.233 e. The second-order valence-electron chi connectivity index (χ2n) is 1.22. The molecule has 0 aliphatic carbocycles. The Morgan fingerprint density at radius 3 is 2.00 bits per heavy atom. The molecule has 0 heterocycles. The van der Waals surface area contributed by atoms with Crippen LogP contribution in [-0.2, 0) is 5.11 Å². The summed E-state index contributed by atoms with van der Waals surface area (Å²) in [6.07, 6.45) is 0.384. The van der Waals surface area contributed by atoms with Gasteiger partial charge in [0.1, 0.15) is 0 Å². The highest BCUT2D eigenvalue weighted by molar-refractivity contribution is 4.33. The van der Waals surface area contributed by atoms with E-state index in [0.29, 0.717) is 0 Å². The molecule has 0 aliphatic heterocycles. The SMILES string of the molecule is CC[C@H](C)[O]. The van der Waals surface area contributed by atoms with Crippen LogP contribution in [0, 0.1) is 0 Å². The lowest BCUT2D eigenvalue weighted by molar-refractivity contribution is 0.102. The van der Waals surface area contributed by atoms with Gasteiger partial charge in [-0.25, -0.2) is 5.11 Å². The molecule has 0 aromatic carbocycles. The molecule has 1 atom stereocenters. The first-order valence-corrected chi connectivity index (χ1v) is 1.93. The third kappa shape index (κ3) is 3.96. The minimum absolute atomic E-state index is 0.366. The molecular weight excluding hydrogens is 64.0 g/mol. The Labute approximate surface area is 32.6 Å². The van der Waals surface area contributed by atoms with Crippen LogP contribution in [0.1, 0.15) is 20.3 Å². The van der Waals surface area contributed by atoms with Gasteiger partial charge in [0.05, 0.1) is 6.10 Å². The van der Waals surface area contributed by atoms with E-state index in [2.05, 4.69) is 0 Å². The van der Waals surface area contributed by atoms with E-state index in [9.17, 15) is 5.11 Å². The van der Waals surface area contributed by atoms with Gasteiger partial charge in [0.15, 0.2) is 0 Å². The van der Waals surface area contributed by atoms with Gasteiger partial charge in [-0.2, -0.15) is 0 Å². The zero-order chi connectivity index (χ0) is 4.28. The summed E-state index contributed by atoms with van der Waals surface area (Å²) in [5.41, 5.74) is 0. The number of hydrogen-bond donors (Lipinski definition) is 0. The molecule has 0 spiro atoms. The number of rotatable bonds is 1. The normalized spacial score (nSPS) is 15.0. The quantitative estimate of drug-likeness (QED) is 0.444. The van der Waals surface area contributed by atoms with Crippen LogP contribution < -0.4 is 0 Å². The lowest BCUT2D eigenvalue weighted by Crippen LogP contribution is -1.90. The van der Waals surface area contributed by atoms with Gasteiger partial charge in [0.25, 0.3) is 0 Å². The van der Waals surface area contributed by atoms with Crippen molar-refractivity contribution in [2.75, 3.05) is 0 Å². The smallest absolute Gasteiger partial charge is 0.0899 e. The monoisotopic (exact) mass is 73.1 g/mol. The van der Waals surface area contributed by atoms with Crippen molar-refractivity contribution >= 4 is 0 Å². The van der Waals surface area contributed by atoms with Gasteiger partial charge in [0, 0.05) is 0 Å². The van der Waals surface area contributed by atoms with Gasteiger partial charge in [-0.05, 0) is 13.3 Å². The van der Waals surface area contributed by atoms with E-state index in [4.69, 9.17) is 0 Å². The molecule has 0 saturated heterocycles. The van der Waals surface area contributed by atoms with Crippen LogP contribution in [0.3, 0.4) is 0 Å². The van der Waals surface area contributed by atoms with E-state index >= 15 is 0 Å². The third-order valence-corrected chi connectivity index (χ3v) is 0.575. The van der Waals surface area contributed by atoms with E-state index in [-0.39, 0.29) is 6.10 Å². The van der Waals surface area contributed by atoms with Crippen molar-refractivity contribution in [3.05, 3.63) is 0 Å². The molecule has 0 aliphatic rings. The molecule has 0 amide bonds. The highest BCUT2D eigenvalue weighted by Gasteiger charge is 1.85. The van der Waals surface area contributed by atoms with Crippen LogP contribution in [0.4, 0.5) is 0 Å². The van der Waals surface area contributed by atoms with Crippen molar-refractivity contribution in [3.8, 4) is 0 Å². The van der Waals surface area contributed by atoms with Gasteiger partial charge in [-0.3, -0.25) is 0 Å². The van der Waals surface area contributed by atoms with Crippen molar-refractivity contribution in [1.82, 2.24) is 0 Å². The van der Waals surface area contributed by atoms with Crippen molar-refractivity contribution in [2.45, 2.75) is 26.4 Å². The summed E-state index contributed by atoms with van der Waals surface area (Å²) in [6, 6.07) is 0. The summed E-state index contributed by atoms with van der Waals surface area (Å²) < 4.78 is 0. The maximum atomic E-state index is 9.90. The Bertz CT molecular complexity index is 17.6. The lowest BCUT2D eigenvalue weighted by atomic mass is 10.3. The third-order valence-electron chi connectivity index (χ3n) is 0.575. The lowest BCUT2D eigenvalue weighted by Gasteiger charge is -1.86. The predicted octanol–water partition coefficient (Wildman–Crippen LogP) is 1.22. The molecule has 1 heteroatoms. The standard InChI is InChI=1S/C4H9O/c1-3-4(2)5/h4H,3H2,1-2H3/t4-/m0/s1. The molecule has 0 bridgehead atoms. The summed E-state index contributed by atoms with van der Waals surface area (Å²) in [5.74, 6) is 0. The summed E-state index contributed by atoms with van der Waals surface area (Å²) in [7, 11) is 0. The zero-order valence-corrected chi connectivity index (χ0v) is 3.69. The van der Waals surface area contributed by atoms with Crippen LogP contribution in [-0.4, -0.2) is 6.10 Å². The maximum absolute atomic E-state index is 9.90. The Morgan fingerprint density at radius 1 is 1.80 bits per heavy atom. The fourth-order valence-electron chi connectivity index (χ4n) is 0. The molecule has 0 aromatic heterocycles. The van der Waals surface area contributed by atoms with E-state index < -0.39 is 0 Å². The molecule has 1 radical (unpaired) electrons. The van der Waals surface area contributed by atoms with Gasteiger partial charge < -0.3 is 0 Å². The largest absolute Gasteiger partial charge is 0.233 e. The van der Waals surface area contributed by atoms with E-state index in [1.54, 1.807) is 6.92 Å². The van der Waals surface area contributed by atoms with Crippen molar-refractivity contribution < 1.29 is 5.11 Å². The molecule has 31 valence electrons. The average Bonchev–Trinajstić information content (AvgIpc) is 1.38. The summed E-state index contributed by atoms with van der Waals surface area (Å²) in [4.78, 5) is 0. The summed E-state index contributed by atoms with van der Waals surface area (Å²) in [6.45, 7) is 3.55. The van der Waals surface area contributed by atoms with Crippen molar-refractivity contribution in [1.29, 1.82) is 0 Å². The molecule has 0 N–H and O–H groups in total. The van der Waals surface area contributed by atoms with Gasteiger partial charge in [0.2, 0.25) is 0 Å². The Morgan fingerprint density at radius 2 is 2.00 bits per heavy atom. The first-order valence-electron chi connectivity index (χ1n) is 1.93. The van der Waals surface area contributed by atoms with Crippen molar-refractivity contribution in [3.63, 3.8) is 0 Å². The number of hydrogen-bond acceptors (Lipinski definition) is 0. The van der Waals surface area contributed by atoms with Crippen LogP contribution >= 0.6 is 0 Å². The molecule has 0 saturated carbocycles. The Balaban J connectivity index is 2.54. The van der Waals surface area contributed by atoms with Gasteiger partial charge >= 0.3 is 0 Å². The topological polar surface area (TPSA) is 19.9 Å². The summed E-state index contributed by atoms with van der Waals surface area (Å²) in [5, 5.41) is 9.90. The van der Waals surface area contributed by atoms with Crippen LogP contribution in [0.15, 0.2) is 0 Å². The zero-order valence-electron chi connectivity index (χ0n) is 3.69. The molecule has 0 aromatic rings. The highest BCUT2D eigenvalue weighted by atomic mass is 16.3. The molecule has 1 nitrogen and oxygen atoms in total. The molecule has 0 rings (SSSR count).